The number of hydrogen-bond donors (Lipinski definition) is 1. The number of aryl methyl sites for hydroxylation is 1. The molecule has 0 saturated heterocycles. The first kappa shape index (κ1) is 12.0. The van der Waals surface area contributed by atoms with Gasteiger partial charge < -0.3 is 9.67 Å². The highest BCUT2D eigenvalue weighted by Gasteiger charge is 2.12. The normalized spacial score (nSPS) is 10.3. The van der Waals surface area contributed by atoms with Crippen LogP contribution in [0.15, 0.2) is 41.6 Å². The molecule has 1 N–H and O–H groups in total. The molecule has 0 unspecified atom stereocenters. The lowest BCUT2D eigenvalue weighted by Crippen LogP contribution is -2.18. The van der Waals surface area contributed by atoms with Crippen molar-refractivity contribution in [2.45, 2.75) is 13.5 Å². The highest BCUT2D eigenvalue weighted by Crippen LogP contribution is 2.17. The first-order valence-corrected chi connectivity index (χ1v) is 5.51. The van der Waals surface area contributed by atoms with Crippen LogP contribution in [0, 0.1) is 0 Å². The Labute approximate surface area is 103 Å². The van der Waals surface area contributed by atoms with Gasteiger partial charge in [-0.15, -0.1) is 0 Å². The fourth-order valence-corrected chi connectivity index (χ4v) is 1.77. The summed E-state index contributed by atoms with van der Waals surface area (Å²) >= 11 is 0. The van der Waals surface area contributed by atoms with E-state index in [9.17, 15) is 9.59 Å². The molecule has 2 aromatic heterocycles. The van der Waals surface area contributed by atoms with Gasteiger partial charge in [-0.25, -0.2) is 4.79 Å². The summed E-state index contributed by atoms with van der Waals surface area (Å²) in [5.74, 6) is -1.21. The van der Waals surface area contributed by atoms with Crippen LogP contribution in [0.25, 0.3) is 11.3 Å². The minimum Gasteiger partial charge on any atom is -0.477 e. The Morgan fingerprint density at radius 3 is 2.61 bits per heavy atom. The zero-order valence-electron chi connectivity index (χ0n) is 9.83. The van der Waals surface area contributed by atoms with Crippen LogP contribution in [0.4, 0.5) is 0 Å². The molecule has 5 heteroatoms. The van der Waals surface area contributed by atoms with Gasteiger partial charge in [0.25, 0.3) is 0 Å². The number of rotatable bonds is 3. The second-order valence-corrected chi connectivity index (χ2v) is 3.76. The van der Waals surface area contributed by atoms with Crippen molar-refractivity contribution in [1.82, 2.24) is 9.55 Å². The molecular formula is C13H12N2O3. The number of pyridine rings is 2. The fraction of sp³-hybridized carbons (Fsp3) is 0.154. The smallest absolute Gasteiger partial charge is 0.341 e. The Morgan fingerprint density at radius 1 is 1.39 bits per heavy atom. The summed E-state index contributed by atoms with van der Waals surface area (Å²) in [4.78, 5) is 26.5. The van der Waals surface area contributed by atoms with E-state index in [-0.39, 0.29) is 5.56 Å². The average Bonchev–Trinajstić information content (AvgIpc) is 2.39. The van der Waals surface area contributed by atoms with E-state index in [1.807, 2.05) is 6.92 Å². The molecule has 0 aliphatic carbocycles. The van der Waals surface area contributed by atoms with E-state index < -0.39 is 11.4 Å². The van der Waals surface area contributed by atoms with Crippen molar-refractivity contribution in [1.29, 1.82) is 0 Å². The van der Waals surface area contributed by atoms with Crippen molar-refractivity contribution < 1.29 is 9.90 Å². The Balaban J connectivity index is 2.66. The monoisotopic (exact) mass is 244 g/mol. The maximum Gasteiger partial charge on any atom is 0.341 e. The average molecular weight is 244 g/mol. The standard InChI is InChI=1S/C13H12N2O3/c1-2-15-8-10(13(17)18)12(16)7-11(15)9-3-5-14-6-4-9/h3-8H,2H2,1H3,(H,17,18). The molecule has 2 rings (SSSR count). The molecule has 5 nitrogen and oxygen atoms in total. The zero-order valence-corrected chi connectivity index (χ0v) is 9.83. The number of nitrogens with zero attached hydrogens (tertiary/aromatic N) is 2. The van der Waals surface area contributed by atoms with Crippen molar-refractivity contribution in [3.8, 4) is 11.3 Å². The second-order valence-electron chi connectivity index (χ2n) is 3.76. The van der Waals surface area contributed by atoms with Gasteiger partial charge in [-0.2, -0.15) is 0 Å². The van der Waals surface area contributed by atoms with Crippen LogP contribution in [0.2, 0.25) is 0 Å². The molecule has 0 saturated carbocycles. The number of carbonyl (C=O) groups is 1. The Kier molecular flexibility index (Phi) is 3.23. The first-order chi connectivity index (χ1) is 8.63. The molecule has 0 spiro atoms. The van der Waals surface area contributed by atoms with Crippen LogP contribution in [-0.2, 0) is 6.54 Å². The summed E-state index contributed by atoms with van der Waals surface area (Å²) in [6.45, 7) is 2.47. The summed E-state index contributed by atoms with van der Waals surface area (Å²) in [7, 11) is 0. The first-order valence-electron chi connectivity index (χ1n) is 5.51. The summed E-state index contributed by atoms with van der Waals surface area (Å²) in [6.07, 6.45) is 4.64. The predicted molar refractivity (Wildman–Crippen MR) is 66.6 cm³/mol. The Morgan fingerprint density at radius 2 is 2.06 bits per heavy atom. The van der Waals surface area contributed by atoms with E-state index >= 15 is 0 Å². The summed E-state index contributed by atoms with van der Waals surface area (Å²) in [6, 6.07) is 4.91. The largest absolute Gasteiger partial charge is 0.477 e. The molecule has 0 atom stereocenters. The lowest BCUT2D eigenvalue weighted by Gasteiger charge is -2.12. The van der Waals surface area contributed by atoms with Crippen LogP contribution in [0.3, 0.4) is 0 Å². The molecule has 0 fully saturated rings. The number of hydrogen-bond acceptors (Lipinski definition) is 3. The van der Waals surface area contributed by atoms with Crippen molar-refractivity contribution in [2.75, 3.05) is 0 Å². The molecule has 0 radical (unpaired) electrons. The number of aromatic nitrogens is 2. The minimum absolute atomic E-state index is 0.213. The molecule has 18 heavy (non-hydrogen) atoms. The quantitative estimate of drug-likeness (QED) is 0.890. The van der Waals surface area contributed by atoms with Gasteiger partial charge >= 0.3 is 5.97 Å². The van der Waals surface area contributed by atoms with Gasteiger partial charge in [-0.1, -0.05) is 0 Å². The minimum atomic E-state index is -1.21. The van der Waals surface area contributed by atoms with Crippen molar-refractivity contribution in [3.63, 3.8) is 0 Å². The Hall–Kier alpha value is -2.43. The van der Waals surface area contributed by atoms with E-state index in [2.05, 4.69) is 4.98 Å². The van der Waals surface area contributed by atoms with Crippen molar-refractivity contribution in [3.05, 3.63) is 52.6 Å². The second kappa shape index (κ2) is 4.83. The van der Waals surface area contributed by atoms with E-state index in [1.54, 1.807) is 29.1 Å². The van der Waals surface area contributed by atoms with Crippen LogP contribution in [-0.4, -0.2) is 20.6 Å². The predicted octanol–water partition coefficient (Wildman–Crippen LogP) is 1.63. The van der Waals surface area contributed by atoms with E-state index in [4.69, 9.17) is 5.11 Å². The number of carboxylic acid groups (broad SMARTS) is 1. The van der Waals surface area contributed by atoms with E-state index in [1.165, 1.54) is 12.3 Å². The third-order valence-corrected chi connectivity index (χ3v) is 2.67. The van der Waals surface area contributed by atoms with Gasteiger partial charge in [-0.3, -0.25) is 9.78 Å². The molecular weight excluding hydrogens is 232 g/mol. The fourth-order valence-electron chi connectivity index (χ4n) is 1.77. The molecule has 2 heterocycles. The molecule has 0 aliphatic rings. The van der Waals surface area contributed by atoms with Gasteiger partial charge in [-0.05, 0) is 19.1 Å². The van der Waals surface area contributed by atoms with Crippen LogP contribution in [0.1, 0.15) is 17.3 Å². The maximum atomic E-state index is 11.7. The zero-order chi connectivity index (χ0) is 13.1. The van der Waals surface area contributed by atoms with Crippen molar-refractivity contribution >= 4 is 5.97 Å². The molecule has 0 aliphatic heterocycles. The SMILES string of the molecule is CCn1cc(C(=O)O)c(=O)cc1-c1ccncc1. The highest BCUT2D eigenvalue weighted by atomic mass is 16.4. The van der Waals surface area contributed by atoms with E-state index in [0.29, 0.717) is 12.2 Å². The highest BCUT2D eigenvalue weighted by molar-refractivity contribution is 5.87. The molecule has 2 aromatic rings. The summed E-state index contributed by atoms with van der Waals surface area (Å²) in [5.41, 5.74) is 0.824. The van der Waals surface area contributed by atoms with Gasteiger partial charge in [0.1, 0.15) is 5.56 Å². The van der Waals surface area contributed by atoms with Gasteiger partial charge in [0, 0.05) is 36.8 Å². The lowest BCUT2D eigenvalue weighted by atomic mass is 10.1. The van der Waals surface area contributed by atoms with Gasteiger partial charge in [0.05, 0.1) is 5.69 Å². The molecule has 0 amide bonds. The third kappa shape index (κ3) is 2.15. The molecule has 0 bridgehead atoms. The van der Waals surface area contributed by atoms with Gasteiger partial charge in [0.2, 0.25) is 0 Å². The van der Waals surface area contributed by atoms with Crippen molar-refractivity contribution in [2.24, 2.45) is 0 Å². The molecule has 92 valence electrons. The van der Waals surface area contributed by atoms with Crippen LogP contribution in [0.5, 0.6) is 0 Å². The topological polar surface area (TPSA) is 72.2 Å². The van der Waals surface area contributed by atoms with E-state index in [0.717, 1.165) is 5.56 Å². The number of carboxylic acids is 1. The van der Waals surface area contributed by atoms with Crippen LogP contribution >= 0.6 is 0 Å². The lowest BCUT2D eigenvalue weighted by molar-refractivity contribution is 0.0694. The Bertz CT molecular complexity index is 632. The van der Waals surface area contributed by atoms with Gasteiger partial charge in [0.15, 0.2) is 5.43 Å². The van der Waals surface area contributed by atoms with Crippen LogP contribution < -0.4 is 5.43 Å². The summed E-state index contributed by atoms with van der Waals surface area (Å²) < 4.78 is 1.74. The maximum absolute atomic E-state index is 11.7. The number of aromatic carboxylic acids is 1. The third-order valence-electron chi connectivity index (χ3n) is 2.67. The molecule has 0 aromatic carbocycles. The summed E-state index contributed by atoms with van der Waals surface area (Å²) in [5, 5.41) is 8.92.